The fourth-order valence-electron chi connectivity index (χ4n) is 2.18. The normalized spacial score (nSPS) is 21.6. The minimum absolute atomic E-state index is 0.0686. The van der Waals surface area contributed by atoms with Crippen molar-refractivity contribution in [2.45, 2.75) is 25.4 Å². The van der Waals surface area contributed by atoms with Crippen LogP contribution in [0.15, 0.2) is 15.5 Å². The van der Waals surface area contributed by atoms with E-state index in [0.717, 1.165) is 11.1 Å². The number of hydrogen-bond donors (Lipinski definition) is 2. The second kappa shape index (κ2) is 6.23. The highest BCUT2D eigenvalue weighted by molar-refractivity contribution is 9.10. The molecule has 0 saturated carbocycles. The molecular weight excluding hydrogens is 350 g/mol. The number of sulfone groups is 1. The third kappa shape index (κ3) is 3.58. The molecule has 1 saturated heterocycles. The van der Waals surface area contributed by atoms with Gasteiger partial charge in [0.1, 0.15) is 4.47 Å². The lowest BCUT2D eigenvalue weighted by molar-refractivity contribution is 0.266. The molecule has 1 aliphatic rings. The first kappa shape index (κ1) is 15.5. The third-order valence-electron chi connectivity index (χ3n) is 3.12. The Bertz CT molecular complexity index is 644. The highest BCUT2D eigenvalue weighted by Crippen LogP contribution is 2.21. The summed E-state index contributed by atoms with van der Waals surface area (Å²) in [5.41, 5.74) is 0.119. The molecule has 1 aliphatic heterocycles. The van der Waals surface area contributed by atoms with Crippen molar-refractivity contribution in [2.24, 2.45) is 0 Å². The molecule has 1 fully saturated rings. The van der Waals surface area contributed by atoms with E-state index in [1.54, 1.807) is 0 Å². The van der Waals surface area contributed by atoms with Crippen LogP contribution in [-0.4, -0.2) is 47.5 Å². The molecule has 0 spiro atoms. The van der Waals surface area contributed by atoms with E-state index in [-0.39, 0.29) is 36.3 Å². The zero-order valence-corrected chi connectivity index (χ0v) is 13.2. The van der Waals surface area contributed by atoms with Crippen LogP contribution in [0.3, 0.4) is 0 Å². The number of aliphatic hydroxyl groups is 1. The number of halogens is 1. The molecule has 0 aliphatic carbocycles. The highest BCUT2D eigenvalue weighted by Gasteiger charge is 2.25. The van der Waals surface area contributed by atoms with Crippen molar-refractivity contribution < 1.29 is 13.5 Å². The predicted octanol–water partition coefficient (Wildman–Crippen LogP) is -0.0128. The molecule has 9 heteroatoms. The second-order valence-corrected chi connectivity index (χ2v) is 7.74. The standard InChI is InChI=1S/C11H16BrN3O4S/c12-10-9(6-13-15(3-4-16)11(10)17)14-8-2-1-5-20(18,19)7-8/h6,8,14,16H,1-5,7H2. The first-order valence-corrected chi connectivity index (χ1v) is 8.88. The highest BCUT2D eigenvalue weighted by atomic mass is 79.9. The molecule has 0 amide bonds. The van der Waals surface area contributed by atoms with Gasteiger partial charge in [-0.2, -0.15) is 5.10 Å². The van der Waals surface area contributed by atoms with Gasteiger partial charge in [0.25, 0.3) is 5.56 Å². The van der Waals surface area contributed by atoms with Crippen molar-refractivity contribution in [3.8, 4) is 0 Å². The summed E-state index contributed by atoms with van der Waals surface area (Å²) in [7, 11) is -3.01. The van der Waals surface area contributed by atoms with Crippen LogP contribution in [0.4, 0.5) is 5.69 Å². The SMILES string of the molecule is O=c1c(Br)c(NC2CCCS(=O)(=O)C2)cnn1CCO. The molecule has 2 heterocycles. The van der Waals surface area contributed by atoms with Crippen molar-refractivity contribution in [1.82, 2.24) is 9.78 Å². The van der Waals surface area contributed by atoms with Crippen molar-refractivity contribution >= 4 is 31.5 Å². The number of nitrogens with one attached hydrogen (secondary N) is 1. The summed E-state index contributed by atoms with van der Waals surface area (Å²) < 4.78 is 24.6. The molecular formula is C11H16BrN3O4S. The van der Waals surface area contributed by atoms with E-state index in [2.05, 4.69) is 26.3 Å². The quantitative estimate of drug-likeness (QED) is 0.777. The van der Waals surface area contributed by atoms with Crippen molar-refractivity contribution in [1.29, 1.82) is 0 Å². The van der Waals surface area contributed by atoms with Gasteiger partial charge in [-0.3, -0.25) is 4.79 Å². The Morgan fingerprint density at radius 2 is 2.30 bits per heavy atom. The molecule has 2 N–H and O–H groups in total. The summed E-state index contributed by atoms with van der Waals surface area (Å²) in [6, 6.07) is -0.208. The van der Waals surface area contributed by atoms with Gasteiger partial charge in [-0.25, -0.2) is 13.1 Å². The molecule has 1 atom stereocenters. The summed E-state index contributed by atoms with van der Waals surface area (Å²) in [6.07, 6.45) is 2.82. The molecule has 1 unspecified atom stereocenters. The Hall–Kier alpha value is -0.930. The molecule has 20 heavy (non-hydrogen) atoms. The minimum Gasteiger partial charge on any atom is -0.394 e. The molecule has 0 aromatic carbocycles. The van der Waals surface area contributed by atoms with Crippen LogP contribution in [0.5, 0.6) is 0 Å². The number of rotatable bonds is 4. The van der Waals surface area contributed by atoms with E-state index >= 15 is 0 Å². The van der Waals surface area contributed by atoms with Crippen molar-refractivity contribution in [2.75, 3.05) is 23.4 Å². The molecule has 7 nitrogen and oxygen atoms in total. The number of nitrogens with zero attached hydrogens (tertiary/aromatic N) is 2. The molecule has 2 rings (SSSR count). The van der Waals surface area contributed by atoms with Gasteiger partial charge in [-0.1, -0.05) is 0 Å². The maximum atomic E-state index is 11.9. The zero-order chi connectivity index (χ0) is 14.8. The second-order valence-electron chi connectivity index (χ2n) is 4.72. The molecule has 0 bridgehead atoms. The smallest absolute Gasteiger partial charge is 0.283 e. The Balaban J connectivity index is 2.18. The lowest BCUT2D eigenvalue weighted by Gasteiger charge is -2.24. The molecule has 1 aromatic rings. The van der Waals surface area contributed by atoms with Gasteiger partial charge < -0.3 is 10.4 Å². The topological polar surface area (TPSA) is 101 Å². The van der Waals surface area contributed by atoms with Crippen LogP contribution in [0.25, 0.3) is 0 Å². The maximum Gasteiger partial charge on any atom is 0.283 e. The third-order valence-corrected chi connectivity index (χ3v) is 5.71. The van der Waals surface area contributed by atoms with E-state index < -0.39 is 9.84 Å². The Morgan fingerprint density at radius 3 is 2.95 bits per heavy atom. The monoisotopic (exact) mass is 365 g/mol. The fraction of sp³-hybridized carbons (Fsp3) is 0.636. The van der Waals surface area contributed by atoms with Crippen LogP contribution >= 0.6 is 15.9 Å². The number of hydrogen-bond acceptors (Lipinski definition) is 6. The van der Waals surface area contributed by atoms with Gasteiger partial charge in [0.05, 0.1) is 36.5 Å². The van der Waals surface area contributed by atoms with Gasteiger partial charge >= 0.3 is 0 Å². The molecule has 112 valence electrons. The number of anilines is 1. The summed E-state index contributed by atoms with van der Waals surface area (Å²) in [6.45, 7) is -0.0531. The number of aromatic nitrogens is 2. The van der Waals surface area contributed by atoms with Crippen LogP contribution in [0.1, 0.15) is 12.8 Å². The Morgan fingerprint density at radius 1 is 1.55 bits per heavy atom. The van der Waals surface area contributed by atoms with Gasteiger partial charge in [0, 0.05) is 6.04 Å². The van der Waals surface area contributed by atoms with Gasteiger partial charge in [-0.05, 0) is 28.8 Å². The largest absolute Gasteiger partial charge is 0.394 e. The van der Waals surface area contributed by atoms with E-state index in [9.17, 15) is 13.2 Å². The average molecular weight is 366 g/mol. The minimum atomic E-state index is -3.01. The first-order valence-electron chi connectivity index (χ1n) is 6.26. The van der Waals surface area contributed by atoms with Crippen LogP contribution in [-0.2, 0) is 16.4 Å². The number of aliphatic hydroxyl groups excluding tert-OH is 1. The van der Waals surface area contributed by atoms with Gasteiger partial charge in [0.15, 0.2) is 9.84 Å². The predicted molar refractivity (Wildman–Crippen MR) is 78.6 cm³/mol. The van der Waals surface area contributed by atoms with Crippen LogP contribution in [0, 0.1) is 0 Å². The van der Waals surface area contributed by atoms with E-state index in [0.29, 0.717) is 16.6 Å². The zero-order valence-electron chi connectivity index (χ0n) is 10.7. The average Bonchev–Trinajstić information content (AvgIpc) is 2.37. The van der Waals surface area contributed by atoms with Crippen molar-refractivity contribution in [3.05, 3.63) is 21.0 Å². The summed E-state index contributed by atoms with van der Waals surface area (Å²) >= 11 is 3.19. The maximum absolute atomic E-state index is 11.9. The summed E-state index contributed by atoms with van der Waals surface area (Å²) in [5.74, 6) is 0.294. The van der Waals surface area contributed by atoms with Crippen molar-refractivity contribution in [3.63, 3.8) is 0 Å². The fourth-order valence-corrected chi connectivity index (χ4v) is 4.23. The molecule has 1 aromatic heterocycles. The first-order chi connectivity index (χ1) is 9.43. The molecule has 0 radical (unpaired) electrons. The van der Waals surface area contributed by atoms with E-state index in [1.165, 1.54) is 6.20 Å². The van der Waals surface area contributed by atoms with Crippen LogP contribution < -0.4 is 10.9 Å². The summed E-state index contributed by atoms with van der Waals surface area (Å²) in [5, 5.41) is 15.8. The van der Waals surface area contributed by atoms with Gasteiger partial charge in [-0.15, -0.1) is 0 Å². The Kier molecular flexibility index (Phi) is 4.82. The van der Waals surface area contributed by atoms with E-state index in [4.69, 9.17) is 5.11 Å². The van der Waals surface area contributed by atoms with Gasteiger partial charge in [0.2, 0.25) is 0 Å². The Labute approximate surface area is 125 Å². The lowest BCUT2D eigenvalue weighted by atomic mass is 10.2. The van der Waals surface area contributed by atoms with E-state index in [1.807, 2.05) is 0 Å². The summed E-state index contributed by atoms with van der Waals surface area (Å²) in [4.78, 5) is 11.9. The lowest BCUT2D eigenvalue weighted by Crippen LogP contribution is -2.36. The van der Waals surface area contributed by atoms with Crippen LogP contribution in [0.2, 0.25) is 0 Å².